The molecule has 27 heavy (non-hydrogen) atoms. The summed E-state index contributed by atoms with van der Waals surface area (Å²) >= 11 is 0. The van der Waals surface area contributed by atoms with Crippen molar-refractivity contribution in [2.45, 2.75) is 78.4 Å². The maximum atomic E-state index is 12.6. The number of hydrogen-bond donors (Lipinski definition) is 1. The Kier molecular flexibility index (Phi) is 7.52. The van der Waals surface area contributed by atoms with E-state index in [4.69, 9.17) is 14.2 Å². The number of nitrogens with zero attached hydrogens (tertiary/aromatic N) is 2. The van der Waals surface area contributed by atoms with Gasteiger partial charge in [0.05, 0.1) is 12.6 Å². The van der Waals surface area contributed by atoms with Crippen LogP contribution in [0.3, 0.4) is 0 Å². The van der Waals surface area contributed by atoms with Gasteiger partial charge in [0.25, 0.3) is 0 Å². The molecule has 0 aromatic heterocycles. The normalized spacial score (nSPS) is 19.9. The minimum atomic E-state index is -0.720. The first-order valence-corrected chi connectivity index (χ1v) is 9.42. The molecule has 1 saturated heterocycles. The summed E-state index contributed by atoms with van der Waals surface area (Å²) in [6.07, 6.45) is -0.813. The molecule has 0 unspecified atom stereocenters. The molecule has 0 bridgehead atoms. The Morgan fingerprint density at radius 1 is 1.15 bits per heavy atom. The summed E-state index contributed by atoms with van der Waals surface area (Å²) < 4.78 is 16.6. The van der Waals surface area contributed by atoms with Gasteiger partial charge < -0.3 is 24.4 Å². The first kappa shape index (κ1) is 23.5. The van der Waals surface area contributed by atoms with Crippen LogP contribution < -0.4 is 5.32 Å². The molecule has 0 spiro atoms. The number of carbonyl (C=O) groups is 2. The van der Waals surface area contributed by atoms with Crippen molar-refractivity contribution in [3.63, 3.8) is 0 Å². The number of likely N-dealkylation sites (N-methyl/N-ethyl adjacent to an activating group) is 1. The van der Waals surface area contributed by atoms with E-state index < -0.39 is 23.0 Å². The van der Waals surface area contributed by atoms with Crippen LogP contribution >= 0.6 is 0 Å². The van der Waals surface area contributed by atoms with Crippen molar-refractivity contribution in [2.75, 3.05) is 33.3 Å². The third-order valence-corrected chi connectivity index (χ3v) is 3.85. The highest BCUT2D eigenvalue weighted by Gasteiger charge is 2.45. The Bertz CT molecular complexity index is 522. The van der Waals surface area contributed by atoms with Crippen molar-refractivity contribution in [1.82, 2.24) is 15.1 Å². The summed E-state index contributed by atoms with van der Waals surface area (Å²) in [5, 5.41) is 2.74. The SMILES string of the molecule is CN(CCNC(=O)OC(C)(C)C)C[C@@H]1COC(C)(C)N1C(=O)OC(C)(C)C. The molecule has 1 rings (SSSR count). The minimum Gasteiger partial charge on any atom is -0.444 e. The fourth-order valence-electron chi connectivity index (χ4n) is 2.81. The second-order valence-electron chi connectivity index (χ2n) is 9.45. The number of carbonyl (C=O) groups excluding carboxylic acids is 2. The van der Waals surface area contributed by atoms with Crippen molar-refractivity contribution in [3.8, 4) is 0 Å². The molecule has 8 heteroatoms. The fourth-order valence-corrected chi connectivity index (χ4v) is 2.81. The highest BCUT2D eigenvalue weighted by Crippen LogP contribution is 2.29. The van der Waals surface area contributed by atoms with E-state index in [-0.39, 0.29) is 12.1 Å². The molecule has 1 aliphatic heterocycles. The lowest BCUT2D eigenvalue weighted by Crippen LogP contribution is -2.53. The summed E-state index contributed by atoms with van der Waals surface area (Å²) in [6, 6.07) is -0.124. The van der Waals surface area contributed by atoms with Crippen molar-refractivity contribution >= 4 is 12.2 Å². The molecule has 0 aromatic rings. The zero-order valence-corrected chi connectivity index (χ0v) is 18.3. The maximum absolute atomic E-state index is 12.6. The van der Waals surface area contributed by atoms with Crippen LogP contribution in [0.25, 0.3) is 0 Å². The lowest BCUT2D eigenvalue weighted by atomic mass is 10.2. The lowest BCUT2D eigenvalue weighted by molar-refractivity contribution is -0.0631. The van der Waals surface area contributed by atoms with Gasteiger partial charge in [-0.25, -0.2) is 9.59 Å². The standard InChI is InChI=1S/C19H37N3O5/c1-17(2,3)26-15(23)20-10-11-21(9)12-14-13-25-19(7,8)22(14)16(24)27-18(4,5)6/h14H,10-13H2,1-9H3,(H,20,23)/t14-/m1/s1. The van der Waals surface area contributed by atoms with Gasteiger partial charge in [-0.1, -0.05) is 0 Å². The van der Waals surface area contributed by atoms with E-state index in [1.165, 1.54) is 0 Å². The van der Waals surface area contributed by atoms with Crippen LogP contribution in [0.1, 0.15) is 55.4 Å². The van der Waals surface area contributed by atoms with Gasteiger partial charge in [0.2, 0.25) is 0 Å². The minimum absolute atomic E-state index is 0.124. The highest BCUT2D eigenvalue weighted by molar-refractivity contribution is 5.70. The third-order valence-electron chi connectivity index (χ3n) is 3.85. The molecule has 1 aliphatic rings. The molecule has 1 fully saturated rings. The van der Waals surface area contributed by atoms with Crippen molar-refractivity contribution in [3.05, 3.63) is 0 Å². The fraction of sp³-hybridized carbons (Fsp3) is 0.895. The molecular formula is C19H37N3O5. The molecule has 1 atom stereocenters. The molecule has 1 N–H and O–H groups in total. The number of amides is 2. The van der Waals surface area contributed by atoms with Gasteiger partial charge in [0.1, 0.15) is 16.9 Å². The van der Waals surface area contributed by atoms with Crippen LogP contribution in [-0.4, -0.2) is 78.2 Å². The average Bonchev–Trinajstić information content (AvgIpc) is 2.69. The smallest absolute Gasteiger partial charge is 0.412 e. The Labute approximate surface area is 163 Å². The van der Waals surface area contributed by atoms with Gasteiger partial charge in [-0.05, 0) is 62.4 Å². The van der Waals surface area contributed by atoms with Crippen LogP contribution in [0.5, 0.6) is 0 Å². The quantitative estimate of drug-likeness (QED) is 0.781. The highest BCUT2D eigenvalue weighted by atomic mass is 16.6. The predicted molar refractivity (Wildman–Crippen MR) is 104 cm³/mol. The zero-order chi connectivity index (χ0) is 21.0. The number of hydrogen-bond acceptors (Lipinski definition) is 6. The molecule has 0 saturated carbocycles. The van der Waals surface area contributed by atoms with E-state index in [1.54, 1.807) is 4.90 Å². The Hall–Kier alpha value is -1.54. The van der Waals surface area contributed by atoms with Crippen LogP contribution in [0, 0.1) is 0 Å². The zero-order valence-electron chi connectivity index (χ0n) is 18.3. The largest absolute Gasteiger partial charge is 0.444 e. The van der Waals surface area contributed by atoms with Crippen molar-refractivity contribution in [1.29, 1.82) is 0 Å². The molecule has 0 radical (unpaired) electrons. The number of nitrogens with one attached hydrogen (secondary N) is 1. The molecule has 2 amide bonds. The van der Waals surface area contributed by atoms with Gasteiger partial charge in [-0.2, -0.15) is 0 Å². The van der Waals surface area contributed by atoms with Crippen molar-refractivity contribution < 1.29 is 23.8 Å². The van der Waals surface area contributed by atoms with Gasteiger partial charge in [-0.3, -0.25) is 4.90 Å². The molecule has 0 aromatic carbocycles. The van der Waals surface area contributed by atoms with E-state index in [9.17, 15) is 9.59 Å². The molecular weight excluding hydrogens is 350 g/mol. The summed E-state index contributed by atoms with van der Waals surface area (Å²) in [5.41, 5.74) is -1.80. The first-order chi connectivity index (χ1) is 12.1. The summed E-state index contributed by atoms with van der Waals surface area (Å²) in [6.45, 7) is 16.9. The number of alkyl carbamates (subject to hydrolysis) is 1. The molecule has 0 aliphatic carbocycles. The Balaban J connectivity index is 2.55. The van der Waals surface area contributed by atoms with Gasteiger partial charge in [-0.15, -0.1) is 0 Å². The van der Waals surface area contributed by atoms with Gasteiger partial charge >= 0.3 is 12.2 Å². The molecule has 8 nitrogen and oxygen atoms in total. The van der Waals surface area contributed by atoms with E-state index in [0.29, 0.717) is 26.2 Å². The molecule has 1 heterocycles. The second-order valence-corrected chi connectivity index (χ2v) is 9.45. The number of ether oxygens (including phenoxy) is 3. The monoisotopic (exact) mass is 387 g/mol. The Morgan fingerprint density at radius 3 is 2.22 bits per heavy atom. The first-order valence-electron chi connectivity index (χ1n) is 9.42. The average molecular weight is 388 g/mol. The summed E-state index contributed by atoms with van der Waals surface area (Å²) in [4.78, 5) is 28.0. The summed E-state index contributed by atoms with van der Waals surface area (Å²) in [5.74, 6) is 0. The third kappa shape index (κ3) is 8.34. The maximum Gasteiger partial charge on any atom is 0.412 e. The van der Waals surface area contributed by atoms with Gasteiger partial charge in [0, 0.05) is 19.6 Å². The lowest BCUT2D eigenvalue weighted by Gasteiger charge is -2.36. The van der Waals surface area contributed by atoms with Crippen molar-refractivity contribution in [2.24, 2.45) is 0 Å². The van der Waals surface area contributed by atoms with Gasteiger partial charge in [0.15, 0.2) is 0 Å². The van der Waals surface area contributed by atoms with E-state index in [1.807, 2.05) is 67.3 Å². The summed E-state index contributed by atoms with van der Waals surface area (Å²) in [7, 11) is 1.94. The Morgan fingerprint density at radius 2 is 1.70 bits per heavy atom. The van der Waals surface area contributed by atoms with Crippen LogP contribution in [-0.2, 0) is 14.2 Å². The molecule has 158 valence electrons. The predicted octanol–water partition coefficient (Wildman–Crippen LogP) is 2.81. The van der Waals surface area contributed by atoms with Crippen LogP contribution in [0.15, 0.2) is 0 Å². The van der Waals surface area contributed by atoms with Crippen LogP contribution in [0.2, 0.25) is 0 Å². The van der Waals surface area contributed by atoms with E-state index in [2.05, 4.69) is 5.32 Å². The number of rotatable bonds is 5. The van der Waals surface area contributed by atoms with Crippen LogP contribution in [0.4, 0.5) is 9.59 Å². The van der Waals surface area contributed by atoms with E-state index in [0.717, 1.165) is 0 Å². The second kappa shape index (κ2) is 8.65. The van der Waals surface area contributed by atoms with E-state index >= 15 is 0 Å². The topological polar surface area (TPSA) is 80.3 Å².